The zero-order valence-electron chi connectivity index (χ0n) is 11.2. The minimum atomic E-state index is -0.239. The lowest BCUT2D eigenvalue weighted by Crippen LogP contribution is -2.32. The Bertz CT molecular complexity index is 460. The van der Waals surface area contributed by atoms with Crippen LogP contribution in [0, 0.1) is 11.3 Å². The van der Waals surface area contributed by atoms with Gasteiger partial charge in [0.25, 0.3) is 0 Å². The molecule has 0 bridgehead atoms. The van der Waals surface area contributed by atoms with E-state index in [0.717, 1.165) is 6.42 Å². The van der Waals surface area contributed by atoms with Gasteiger partial charge in [0.1, 0.15) is 9.21 Å². The molecule has 3 N–H and O–H groups in total. The molecule has 7 heteroatoms. The second kappa shape index (κ2) is 6.76. The number of anilines is 1. The predicted octanol–water partition coefficient (Wildman–Crippen LogP) is 2.95. The molecule has 0 aromatic carbocycles. The van der Waals surface area contributed by atoms with E-state index in [1.54, 1.807) is 0 Å². The summed E-state index contributed by atoms with van der Waals surface area (Å²) in [5.41, 5.74) is 5.73. The predicted molar refractivity (Wildman–Crippen MR) is 82.7 cm³/mol. The first kappa shape index (κ1) is 16.5. The Balaban J connectivity index is 2.77. The van der Waals surface area contributed by atoms with Crippen LogP contribution in [0.25, 0.3) is 0 Å². The molecule has 1 amide bonds. The van der Waals surface area contributed by atoms with Gasteiger partial charge in [0.2, 0.25) is 5.91 Å². The van der Waals surface area contributed by atoms with Crippen molar-refractivity contribution in [1.82, 2.24) is 9.97 Å². The standard InChI is InChI=1S/C12H18Br2N4O/c1-12(2,3)4-7(5-15)11(19)18-10-9(14)17-8(13)6-16-10/h6-7H,4-5,15H2,1-3H3,(H,16,18,19). The van der Waals surface area contributed by atoms with Gasteiger partial charge in [-0.15, -0.1) is 0 Å². The Labute approximate surface area is 130 Å². The molecule has 1 heterocycles. The number of nitrogens with zero attached hydrogens (tertiary/aromatic N) is 2. The van der Waals surface area contributed by atoms with Gasteiger partial charge in [-0.1, -0.05) is 20.8 Å². The maximum atomic E-state index is 12.2. The van der Waals surface area contributed by atoms with Crippen molar-refractivity contribution in [3.8, 4) is 0 Å². The monoisotopic (exact) mass is 392 g/mol. The molecule has 0 saturated heterocycles. The van der Waals surface area contributed by atoms with E-state index >= 15 is 0 Å². The Kier molecular flexibility index (Phi) is 5.88. The highest BCUT2D eigenvalue weighted by atomic mass is 79.9. The van der Waals surface area contributed by atoms with Gasteiger partial charge < -0.3 is 11.1 Å². The second-order valence-corrected chi connectivity index (χ2v) is 7.08. The molecule has 1 aromatic heterocycles. The number of aromatic nitrogens is 2. The zero-order valence-corrected chi connectivity index (χ0v) is 14.4. The number of nitrogens with two attached hydrogens (primary N) is 1. The fourth-order valence-corrected chi connectivity index (χ4v) is 2.58. The van der Waals surface area contributed by atoms with E-state index in [0.29, 0.717) is 21.6 Å². The summed E-state index contributed by atoms with van der Waals surface area (Å²) in [7, 11) is 0. The minimum Gasteiger partial charge on any atom is -0.330 e. The van der Waals surface area contributed by atoms with Crippen molar-refractivity contribution in [2.24, 2.45) is 17.1 Å². The first-order valence-electron chi connectivity index (χ1n) is 5.92. The summed E-state index contributed by atoms with van der Waals surface area (Å²) in [6.07, 6.45) is 2.25. The largest absolute Gasteiger partial charge is 0.330 e. The summed E-state index contributed by atoms with van der Waals surface area (Å²) in [5.74, 6) is 0.0349. The molecule has 0 aliphatic heterocycles. The number of nitrogens with one attached hydrogen (secondary N) is 1. The average Bonchev–Trinajstić information content (AvgIpc) is 2.28. The van der Waals surface area contributed by atoms with Crippen LogP contribution in [0.1, 0.15) is 27.2 Å². The molecule has 0 fully saturated rings. The van der Waals surface area contributed by atoms with Crippen LogP contribution in [0.15, 0.2) is 15.4 Å². The smallest absolute Gasteiger partial charge is 0.230 e. The average molecular weight is 394 g/mol. The van der Waals surface area contributed by atoms with Crippen molar-refractivity contribution in [2.45, 2.75) is 27.2 Å². The Morgan fingerprint density at radius 1 is 1.47 bits per heavy atom. The zero-order chi connectivity index (χ0) is 14.6. The molecule has 19 heavy (non-hydrogen) atoms. The molecule has 0 radical (unpaired) electrons. The Morgan fingerprint density at radius 2 is 2.11 bits per heavy atom. The van der Waals surface area contributed by atoms with Gasteiger partial charge in [-0.2, -0.15) is 0 Å². The van der Waals surface area contributed by atoms with Crippen molar-refractivity contribution in [3.63, 3.8) is 0 Å². The van der Waals surface area contributed by atoms with Crippen LogP contribution in [0.5, 0.6) is 0 Å². The van der Waals surface area contributed by atoms with E-state index in [2.05, 4.69) is 67.9 Å². The summed E-state index contributed by atoms with van der Waals surface area (Å²) < 4.78 is 1.09. The molecular weight excluding hydrogens is 376 g/mol. The maximum absolute atomic E-state index is 12.2. The lowest BCUT2D eigenvalue weighted by atomic mass is 9.84. The molecule has 0 spiro atoms. The number of carbonyl (C=O) groups excluding carboxylic acids is 1. The van der Waals surface area contributed by atoms with Crippen LogP contribution in [0.3, 0.4) is 0 Å². The van der Waals surface area contributed by atoms with Gasteiger partial charge in [-0.05, 0) is 43.7 Å². The number of amides is 1. The van der Waals surface area contributed by atoms with Crippen molar-refractivity contribution < 1.29 is 4.79 Å². The summed E-state index contributed by atoms with van der Waals surface area (Å²) in [4.78, 5) is 20.4. The van der Waals surface area contributed by atoms with Crippen LogP contribution < -0.4 is 11.1 Å². The SMILES string of the molecule is CC(C)(C)CC(CN)C(=O)Nc1ncc(Br)nc1Br. The van der Waals surface area contributed by atoms with Crippen LogP contribution in [-0.4, -0.2) is 22.4 Å². The first-order chi connectivity index (χ1) is 8.73. The molecule has 106 valence electrons. The van der Waals surface area contributed by atoms with Gasteiger partial charge in [0, 0.05) is 6.54 Å². The highest BCUT2D eigenvalue weighted by Gasteiger charge is 2.24. The van der Waals surface area contributed by atoms with Gasteiger partial charge in [-0.3, -0.25) is 4.79 Å². The van der Waals surface area contributed by atoms with Crippen molar-refractivity contribution in [1.29, 1.82) is 0 Å². The molecular formula is C12H18Br2N4O. The number of hydrogen-bond donors (Lipinski definition) is 2. The third-order valence-corrected chi connectivity index (χ3v) is 3.39. The first-order valence-corrected chi connectivity index (χ1v) is 7.50. The molecule has 0 saturated carbocycles. The molecule has 1 aromatic rings. The van der Waals surface area contributed by atoms with Gasteiger partial charge in [-0.25, -0.2) is 9.97 Å². The van der Waals surface area contributed by atoms with Crippen LogP contribution in [0.4, 0.5) is 5.82 Å². The van der Waals surface area contributed by atoms with E-state index in [-0.39, 0.29) is 17.2 Å². The summed E-state index contributed by atoms with van der Waals surface area (Å²) in [6.45, 7) is 6.56. The quantitative estimate of drug-likeness (QED) is 0.823. The van der Waals surface area contributed by atoms with E-state index in [1.807, 2.05) is 0 Å². The van der Waals surface area contributed by atoms with E-state index in [4.69, 9.17) is 5.73 Å². The van der Waals surface area contributed by atoms with Gasteiger partial charge in [0.05, 0.1) is 12.1 Å². The Hall–Kier alpha value is -0.530. The fourth-order valence-electron chi connectivity index (χ4n) is 1.67. The molecule has 0 aliphatic rings. The number of rotatable bonds is 4. The number of carbonyl (C=O) groups is 1. The fraction of sp³-hybridized carbons (Fsp3) is 0.583. The van der Waals surface area contributed by atoms with Crippen LogP contribution in [-0.2, 0) is 4.79 Å². The van der Waals surface area contributed by atoms with Crippen LogP contribution >= 0.6 is 31.9 Å². The van der Waals surface area contributed by atoms with Crippen LogP contribution in [0.2, 0.25) is 0 Å². The van der Waals surface area contributed by atoms with Gasteiger partial charge in [0.15, 0.2) is 5.82 Å². The molecule has 1 rings (SSSR count). The highest BCUT2D eigenvalue weighted by Crippen LogP contribution is 2.26. The summed E-state index contributed by atoms with van der Waals surface area (Å²) in [5, 5.41) is 2.75. The number of halogens is 2. The van der Waals surface area contributed by atoms with Crippen molar-refractivity contribution in [3.05, 3.63) is 15.4 Å². The third kappa shape index (κ3) is 5.54. The molecule has 1 atom stereocenters. The Morgan fingerprint density at radius 3 is 2.58 bits per heavy atom. The highest BCUT2D eigenvalue weighted by molar-refractivity contribution is 9.11. The summed E-state index contributed by atoms with van der Waals surface area (Å²) in [6, 6.07) is 0. The normalized spacial score (nSPS) is 13.2. The topological polar surface area (TPSA) is 80.9 Å². The van der Waals surface area contributed by atoms with Crippen molar-refractivity contribution >= 4 is 43.6 Å². The summed E-state index contributed by atoms with van der Waals surface area (Å²) >= 11 is 6.47. The minimum absolute atomic E-state index is 0.0456. The van der Waals surface area contributed by atoms with Gasteiger partial charge >= 0.3 is 0 Å². The lowest BCUT2D eigenvalue weighted by Gasteiger charge is -2.24. The van der Waals surface area contributed by atoms with Crippen molar-refractivity contribution in [2.75, 3.05) is 11.9 Å². The molecule has 1 unspecified atom stereocenters. The lowest BCUT2D eigenvalue weighted by molar-refractivity contribution is -0.120. The molecule has 5 nitrogen and oxygen atoms in total. The second-order valence-electron chi connectivity index (χ2n) is 5.52. The maximum Gasteiger partial charge on any atom is 0.230 e. The van der Waals surface area contributed by atoms with E-state index < -0.39 is 0 Å². The third-order valence-electron chi connectivity index (χ3n) is 2.46. The van der Waals surface area contributed by atoms with E-state index in [9.17, 15) is 4.79 Å². The molecule has 0 aliphatic carbocycles. The van der Waals surface area contributed by atoms with E-state index in [1.165, 1.54) is 6.20 Å². The number of hydrogen-bond acceptors (Lipinski definition) is 4.